The average molecular weight is 216 g/mol. The molecule has 0 saturated heterocycles. The molecule has 0 fully saturated rings. The molecule has 1 nitrogen and oxygen atoms in total. The maximum atomic E-state index is 8.25. The van der Waals surface area contributed by atoms with Crippen LogP contribution >= 0.6 is 0 Å². The topological polar surface area (TPSA) is 17.1 Å². The van der Waals surface area contributed by atoms with Crippen LogP contribution in [0.4, 0.5) is 0 Å². The molecule has 0 aromatic heterocycles. The van der Waals surface area contributed by atoms with Crippen molar-refractivity contribution in [3.63, 3.8) is 0 Å². The van der Waals surface area contributed by atoms with Crippen LogP contribution in [0.2, 0.25) is 0 Å². The number of rotatable bonds is 0. The summed E-state index contributed by atoms with van der Waals surface area (Å²) in [6.07, 6.45) is 0. The molecular formula is HLiNdOTi. The van der Waals surface area contributed by atoms with Crippen LogP contribution in [0.5, 0.6) is 0 Å². The minimum atomic E-state index is 0. The van der Waals surface area contributed by atoms with Crippen molar-refractivity contribution in [2.24, 2.45) is 0 Å². The summed E-state index contributed by atoms with van der Waals surface area (Å²) in [5.41, 5.74) is 0. The Morgan fingerprint density at radius 3 is 1.25 bits per heavy atom. The Balaban J connectivity index is -0.00000000500. The van der Waals surface area contributed by atoms with Gasteiger partial charge in [0.2, 0.25) is 0 Å². The van der Waals surface area contributed by atoms with Crippen molar-refractivity contribution in [2.45, 2.75) is 0 Å². The van der Waals surface area contributed by atoms with E-state index < -0.39 is 0 Å². The van der Waals surface area contributed by atoms with Crippen molar-refractivity contribution in [3.8, 4) is 0 Å². The first-order valence-electron chi connectivity index (χ1n) is 0.204. The van der Waals surface area contributed by atoms with E-state index in [1.165, 1.54) is 0 Å². The van der Waals surface area contributed by atoms with E-state index in [9.17, 15) is 0 Å². The quantitative estimate of drug-likeness (QED) is 0.486. The van der Waals surface area contributed by atoms with Gasteiger partial charge in [-0.2, -0.15) is 0 Å². The molecule has 0 aliphatic heterocycles. The molecule has 0 radical (unpaired) electrons. The first-order chi connectivity index (χ1) is 1.00. The Hall–Kier alpha value is 2.46. The van der Waals surface area contributed by atoms with E-state index in [1.807, 2.05) is 0 Å². The van der Waals surface area contributed by atoms with Gasteiger partial charge in [0.1, 0.15) is 0 Å². The van der Waals surface area contributed by atoms with Crippen LogP contribution in [-0.2, 0) is 23.7 Å². The molecule has 0 rings (SSSR count). The van der Waals surface area contributed by atoms with Gasteiger partial charge in [-0.25, -0.2) is 0 Å². The molecule has 0 spiro atoms. The number of hydrogen-bond acceptors (Lipinski definition) is 1. The second kappa shape index (κ2) is 17.9. The fraction of sp³-hybridized carbons (Fsp3) is 0. The van der Waals surface area contributed by atoms with Crippen molar-refractivity contribution in [2.75, 3.05) is 0 Å². The van der Waals surface area contributed by atoms with Crippen LogP contribution in [0.25, 0.3) is 0 Å². The summed E-state index contributed by atoms with van der Waals surface area (Å²) in [5, 5.41) is 0. The molecular weight excluding hydrogens is 215 g/mol. The third kappa shape index (κ3) is 8.82. The summed E-state index contributed by atoms with van der Waals surface area (Å²) < 4.78 is 8.25. The molecule has 0 unspecified atom stereocenters. The Morgan fingerprint density at radius 2 is 1.25 bits per heavy atom. The van der Waals surface area contributed by atoms with Crippen molar-refractivity contribution in [1.82, 2.24) is 0 Å². The molecule has 0 saturated carbocycles. The molecule has 4 heteroatoms. The molecule has 0 aliphatic rings. The fourth-order valence-electron chi connectivity index (χ4n) is 0. The standard InChI is InChI=1S/Li.Nd.O.Ti.H. The van der Waals surface area contributed by atoms with Gasteiger partial charge < -0.3 is 0 Å². The van der Waals surface area contributed by atoms with Gasteiger partial charge in [0.05, 0.1) is 0 Å². The van der Waals surface area contributed by atoms with Crippen LogP contribution in [-0.4, -0.2) is 18.9 Å². The van der Waals surface area contributed by atoms with Gasteiger partial charge in [0, 0.05) is 40.8 Å². The zero-order chi connectivity index (χ0) is 2.00. The molecule has 0 aromatic rings. The molecule has 16 valence electrons. The van der Waals surface area contributed by atoms with Crippen LogP contribution in [0.1, 0.15) is 0 Å². The summed E-state index contributed by atoms with van der Waals surface area (Å²) in [7, 11) is 0. The van der Waals surface area contributed by atoms with Gasteiger partial charge in [-0.1, -0.05) is 0 Å². The minimum absolute atomic E-state index is 0. The molecule has 0 N–H and O–H groups in total. The summed E-state index contributed by atoms with van der Waals surface area (Å²) in [6.45, 7) is 0. The first kappa shape index (κ1) is 16.1. The van der Waals surface area contributed by atoms with Crippen LogP contribution in [0.3, 0.4) is 0 Å². The molecule has 0 bridgehead atoms. The monoisotopic (exact) mass is 214 g/mol. The fourth-order valence-corrected chi connectivity index (χ4v) is 0. The average Bonchev–Trinajstić information content (AvgIpc) is 1.00. The Labute approximate surface area is 81.7 Å². The summed E-state index contributed by atoms with van der Waals surface area (Å²) >= 11 is 0.750. The van der Waals surface area contributed by atoms with E-state index in [-0.39, 0.29) is 59.7 Å². The maximum absolute atomic E-state index is 8.25. The molecule has 4 heavy (non-hydrogen) atoms. The SMILES string of the molecule is [LiH].[Nd].[O]=[Ti]. The predicted molar refractivity (Wildman–Crippen MR) is 7.84 cm³/mol. The first-order valence-corrected chi connectivity index (χ1v) is 0.842. The van der Waals surface area contributed by atoms with Gasteiger partial charge in [0.15, 0.2) is 0 Å². The predicted octanol–water partition coefficient (Wildman–Crippen LogP) is -0.770. The molecule has 0 amide bonds. The van der Waals surface area contributed by atoms with E-state index >= 15 is 0 Å². The van der Waals surface area contributed by atoms with Crippen LogP contribution in [0.15, 0.2) is 0 Å². The molecule has 0 aliphatic carbocycles. The van der Waals surface area contributed by atoms with E-state index in [4.69, 9.17) is 3.32 Å². The second-order valence-electron chi connectivity index (χ2n) is 0. The second-order valence-corrected chi connectivity index (χ2v) is 0. The van der Waals surface area contributed by atoms with E-state index in [0.717, 1.165) is 20.4 Å². The van der Waals surface area contributed by atoms with Gasteiger partial charge in [-0.05, 0) is 0 Å². The van der Waals surface area contributed by atoms with Gasteiger partial charge in [-0.3, -0.25) is 0 Å². The normalized spacial score (nSPS) is 0.750. The Bertz CT molecular complexity index is 8.00. The van der Waals surface area contributed by atoms with Crippen LogP contribution in [0, 0.1) is 40.8 Å². The van der Waals surface area contributed by atoms with Gasteiger partial charge in [0.25, 0.3) is 0 Å². The third-order valence-corrected chi connectivity index (χ3v) is 0. The Kier molecular flexibility index (Phi) is 72.1. The van der Waals surface area contributed by atoms with E-state index in [2.05, 4.69) is 0 Å². The summed E-state index contributed by atoms with van der Waals surface area (Å²) in [4.78, 5) is 0. The summed E-state index contributed by atoms with van der Waals surface area (Å²) in [5.74, 6) is 0. The third-order valence-electron chi connectivity index (χ3n) is 0. The van der Waals surface area contributed by atoms with E-state index in [0.29, 0.717) is 0 Å². The van der Waals surface area contributed by atoms with Gasteiger partial charge >= 0.3 is 42.6 Å². The van der Waals surface area contributed by atoms with Crippen molar-refractivity contribution in [1.29, 1.82) is 0 Å². The van der Waals surface area contributed by atoms with Crippen molar-refractivity contribution >= 4 is 18.9 Å². The van der Waals surface area contributed by atoms with Gasteiger partial charge in [-0.15, -0.1) is 0 Å². The zero-order valence-electron chi connectivity index (χ0n) is 1.41. The molecule has 0 heterocycles. The number of hydrogen-bond donors (Lipinski definition) is 0. The molecule has 0 aromatic carbocycles. The summed E-state index contributed by atoms with van der Waals surface area (Å²) in [6, 6.07) is 0. The van der Waals surface area contributed by atoms with Crippen molar-refractivity contribution < 1.29 is 64.6 Å². The molecule has 0 atom stereocenters. The van der Waals surface area contributed by atoms with Crippen LogP contribution < -0.4 is 0 Å². The Morgan fingerprint density at radius 1 is 1.25 bits per heavy atom. The zero-order valence-corrected chi connectivity index (χ0v) is 6.18. The van der Waals surface area contributed by atoms with Crippen molar-refractivity contribution in [3.05, 3.63) is 0 Å². The van der Waals surface area contributed by atoms with E-state index in [1.54, 1.807) is 0 Å².